The van der Waals surface area contributed by atoms with Crippen molar-refractivity contribution in [2.24, 2.45) is 0 Å². The molecule has 0 spiro atoms. The number of nitrogens with zero attached hydrogens (tertiary/aromatic N) is 1. The minimum Gasteiger partial charge on any atom is -0.312 e. The summed E-state index contributed by atoms with van der Waals surface area (Å²) in [5, 5.41) is 0. The smallest absolute Gasteiger partial charge is 0.312 e. The average Bonchev–Trinajstić information content (AvgIpc) is 3.30. The molecule has 0 aliphatic heterocycles. The predicted molar refractivity (Wildman–Crippen MR) is 294 cm³/mol. The predicted octanol–water partition coefficient (Wildman–Crippen LogP) is 22.5. The van der Waals surface area contributed by atoms with E-state index in [1.54, 1.807) is 0 Å². The molecule has 0 aromatic heterocycles. The Morgan fingerprint density at radius 1 is 0.262 bits per heavy atom. The van der Waals surface area contributed by atoms with Gasteiger partial charge >= 0.3 is 7.75 Å². The van der Waals surface area contributed by atoms with Gasteiger partial charge in [-0.15, -0.1) is 0 Å². The fourth-order valence-corrected chi connectivity index (χ4v) is 11.3. The molecule has 0 amide bonds. The molecule has 0 aromatic carbocycles. The monoisotopic (exact) mass is 938 g/mol. The molecule has 0 aromatic rings. The molecule has 1 N–H and O–H groups in total. The molecule has 0 saturated heterocycles. The third-order valence-electron chi connectivity index (χ3n) is 14.7. The fraction of sp³-hybridized carbons (Fsp3) is 1.00. The first kappa shape index (κ1) is 65.1. The van der Waals surface area contributed by atoms with E-state index in [-0.39, 0.29) is 0 Å². The van der Waals surface area contributed by atoms with Gasteiger partial charge in [0.05, 0.1) is 6.61 Å². The van der Waals surface area contributed by atoms with Gasteiger partial charge in [0.2, 0.25) is 0 Å². The standard InChI is InChI=1S/C60H124NO3P/c1-4-7-10-13-15-17-19-21-23-25-27-29-31-33-35-37-39-41-43-45-47-49-51-53-55-58-61(65(62,63)64-60-57-12-9-6-3)59-56-54-52-50-48-46-44-42-40-38-36-34-32-30-28-26-24-22-20-18-16-14-11-8-5-2/h4-60H2,1-3H3,(H,62,63). The first-order chi connectivity index (χ1) is 32.1. The lowest BCUT2D eigenvalue weighted by atomic mass is 10.0. The van der Waals surface area contributed by atoms with Gasteiger partial charge in [0.25, 0.3) is 0 Å². The molecule has 4 nitrogen and oxygen atoms in total. The number of hydrogen-bond donors (Lipinski definition) is 1. The van der Waals surface area contributed by atoms with E-state index >= 15 is 0 Å². The summed E-state index contributed by atoms with van der Waals surface area (Å²) < 4.78 is 20.9. The van der Waals surface area contributed by atoms with E-state index < -0.39 is 7.75 Å². The minimum atomic E-state index is -3.72. The van der Waals surface area contributed by atoms with Gasteiger partial charge in [-0.25, -0.2) is 9.24 Å². The molecule has 0 aliphatic rings. The van der Waals surface area contributed by atoms with Crippen LogP contribution in [0.25, 0.3) is 0 Å². The van der Waals surface area contributed by atoms with Crippen molar-refractivity contribution in [2.45, 2.75) is 367 Å². The molecular formula is C60H124NO3P. The molecule has 0 rings (SSSR count). The summed E-state index contributed by atoms with van der Waals surface area (Å²) in [5.41, 5.74) is 0. The van der Waals surface area contributed by atoms with Crippen LogP contribution < -0.4 is 0 Å². The van der Waals surface area contributed by atoms with Crippen molar-refractivity contribution in [1.82, 2.24) is 4.67 Å². The molecule has 0 radical (unpaired) electrons. The lowest BCUT2D eigenvalue weighted by Gasteiger charge is -2.26. The van der Waals surface area contributed by atoms with Crippen molar-refractivity contribution < 1.29 is 14.0 Å². The highest BCUT2D eigenvalue weighted by molar-refractivity contribution is 7.50. The van der Waals surface area contributed by atoms with E-state index in [1.165, 1.54) is 308 Å². The first-order valence-electron chi connectivity index (χ1n) is 30.8. The molecule has 0 fully saturated rings. The molecule has 0 saturated carbocycles. The maximum absolute atomic E-state index is 13.3. The SMILES string of the molecule is CCCCCCCCCCCCCCCCCCCCCCCCCCCN(CCCCCCCCCCCCCCCCCCCCCCCCCCC)P(=O)(O)OCCCCCC. The second kappa shape index (κ2) is 56.7. The number of unbranched alkanes of at least 4 members (excludes halogenated alkanes) is 51. The zero-order valence-corrected chi connectivity index (χ0v) is 46.4. The van der Waals surface area contributed by atoms with E-state index in [0.717, 1.165) is 38.5 Å². The summed E-state index contributed by atoms with van der Waals surface area (Å²) >= 11 is 0. The van der Waals surface area contributed by atoms with Crippen LogP contribution in [0.5, 0.6) is 0 Å². The van der Waals surface area contributed by atoms with Crippen LogP contribution in [-0.4, -0.2) is 29.3 Å². The van der Waals surface area contributed by atoms with Gasteiger partial charge in [-0.2, -0.15) is 0 Å². The van der Waals surface area contributed by atoms with Gasteiger partial charge in [-0.1, -0.05) is 348 Å². The molecule has 5 heteroatoms. The Hall–Kier alpha value is 0.110. The lowest BCUT2D eigenvalue weighted by molar-refractivity contribution is 0.194. The highest BCUT2D eigenvalue weighted by Gasteiger charge is 2.28. The van der Waals surface area contributed by atoms with Crippen LogP contribution in [0, 0.1) is 0 Å². The zero-order valence-electron chi connectivity index (χ0n) is 45.5. The minimum absolute atomic E-state index is 0.406. The van der Waals surface area contributed by atoms with Crippen molar-refractivity contribution in [3.05, 3.63) is 0 Å². The maximum Gasteiger partial charge on any atom is 0.405 e. The van der Waals surface area contributed by atoms with E-state index in [4.69, 9.17) is 4.52 Å². The van der Waals surface area contributed by atoms with E-state index in [1.807, 2.05) is 4.67 Å². The summed E-state index contributed by atoms with van der Waals surface area (Å²) in [6.45, 7) is 8.61. The highest BCUT2D eigenvalue weighted by Crippen LogP contribution is 2.47. The van der Waals surface area contributed by atoms with E-state index in [9.17, 15) is 9.46 Å². The molecule has 0 bridgehead atoms. The van der Waals surface area contributed by atoms with Crippen molar-refractivity contribution in [2.75, 3.05) is 19.7 Å². The molecular weight excluding hydrogens is 814 g/mol. The Kier molecular flexibility index (Phi) is 56.8. The fourth-order valence-electron chi connectivity index (χ4n) is 10.0. The van der Waals surface area contributed by atoms with Gasteiger partial charge < -0.3 is 4.89 Å². The Balaban J connectivity index is 3.79. The van der Waals surface area contributed by atoms with Crippen molar-refractivity contribution >= 4 is 7.75 Å². The van der Waals surface area contributed by atoms with Crippen molar-refractivity contribution in [3.63, 3.8) is 0 Å². The van der Waals surface area contributed by atoms with Gasteiger partial charge in [-0.3, -0.25) is 4.52 Å². The van der Waals surface area contributed by atoms with E-state index in [0.29, 0.717) is 19.7 Å². The van der Waals surface area contributed by atoms with Crippen LogP contribution in [0.3, 0.4) is 0 Å². The number of hydrogen-bond acceptors (Lipinski definition) is 2. The summed E-state index contributed by atoms with van der Waals surface area (Å²) in [7, 11) is -3.72. The number of rotatable bonds is 59. The Labute approximate surface area is 411 Å². The van der Waals surface area contributed by atoms with Gasteiger partial charge in [-0.05, 0) is 19.3 Å². The van der Waals surface area contributed by atoms with Gasteiger partial charge in [0.15, 0.2) is 0 Å². The van der Waals surface area contributed by atoms with Crippen LogP contribution in [-0.2, 0) is 9.09 Å². The maximum atomic E-state index is 13.3. The molecule has 65 heavy (non-hydrogen) atoms. The van der Waals surface area contributed by atoms with Crippen molar-refractivity contribution in [1.29, 1.82) is 0 Å². The largest absolute Gasteiger partial charge is 0.405 e. The molecule has 0 aliphatic carbocycles. The Bertz CT molecular complexity index is 846. The topological polar surface area (TPSA) is 49.8 Å². The zero-order chi connectivity index (χ0) is 47.1. The Morgan fingerprint density at radius 2 is 0.415 bits per heavy atom. The molecule has 0 heterocycles. The molecule has 1 unspecified atom stereocenters. The summed E-state index contributed by atoms with van der Waals surface area (Å²) in [4.78, 5) is 11.0. The second-order valence-electron chi connectivity index (χ2n) is 21.3. The Morgan fingerprint density at radius 3 is 0.600 bits per heavy atom. The quantitative estimate of drug-likeness (QED) is 0.0488. The van der Waals surface area contributed by atoms with Crippen molar-refractivity contribution in [3.8, 4) is 0 Å². The summed E-state index contributed by atoms with van der Waals surface area (Å²) in [6.07, 6.45) is 74.1. The normalized spacial score (nSPS) is 12.8. The first-order valence-corrected chi connectivity index (χ1v) is 32.3. The second-order valence-corrected chi connectivity index (χ2v) is 23.1. The van der Waals surface area contributed by atoms with Crippen LogP contribution >= 0.6 is 7.75 Å². The van der Waals surface area contributed by atoms with Gasteiger partial charge in [0, 0.05) is 13.1 Å². The molecule has 1 atom stereocenters. The van der Waals surface area contributed by atoms with Crippen LogP contribution in [0.4, 0.5) is 0 Å². The summed E-state index contributed by atoms with van der Waals surface area (Å²) in [5.74, 6) is 0. The van der Waals surface area contributed by atoms with E-state index in [2.05, 4.69) is 20.8 Å². The lowest BCUT2D eigenvalue weighted by Crippen LogP contribution is -2.24. The third kappa shape index (κ3) is 53.3. The van der Waals surface area contributed by atoms with Crippen LogP contribution in [0.1, 0.15) is 367 Å². The highest BCUT2D eigenvalue weighted by atomic mass is 31.2. The average molecular weight is 939 g/mol. The van der Waals surface area contributed by atoms with Gasteiger partial charge in [0.1, 0.15) is 0 Å². The molecule has 392 valence electrons. The summed E-state index contributed by atoms with van der Waals surface area (Å²) in [6, 6.07) is 0. The van der Waals surface area contributed by atoms with Crippen LogP contribution in [0.15, 0.2) is 0 Å². The van der Waals surface area contributed by atoms with Crippen LogP contribution in [0.2, 0.25) is 0 Å². The third-order valence-corrected chi connectivity index (χ3v) is 16.3.